The third-order valence-electron chi connectivity index (χ3n) is 5.58. The predicted octanol–water partition coefficient (Wildman–Crippen LogP) is 2.83. The van der Waals surface area contributed by atoms with Crippen LogP contribution in [0.5, 0.6) is 0 Å². The van der Waals surface area contributed by atoms with E-state index in [9.17, 15) is 0 Å². The molecule has 0 bridgehead atoms. The van der Waals surface area contributed by atoms with E-state index in [1.807, 2.05) is 12.3 Å². The van der Waals surface area contributed by atoms with Crippen molar-refractivity contribution in [1.82, 2.24) is 14.9 Å². The molecule has 29 heavy (non-hydrogen) atoms. The first-order valence-electron chi connectivity index (χ1n) is 9.74. The topological polar surface area (TPSA) is 69.0 Å². The Morgan fingerprint density at radius 2 is 1.93 bits per heavy atom. The van der Waals surface area contributed by atoms with E-state index in [2.05, 4.69) is 45.1 Å². The lowest BCUT2D eigenvalue weighted by molar-refractivity contribution is 0.312. The normalized spacial score (nSPS) is 19.2. The van der Waals surface area contributed by atoms with Gasteiger partial charge in [-0.2, -0.15) is 0 Å². The van der Waals surface area contributed by atoms with Gasteiger partial charge in [-0.25, -0.2) is 9.98 Å². The van der Waals surface area contributed by atoms with Gasteiger partial charge in [-0.3, -0.25) is 9.98 Å². The summed E-state index contributed by atoms with van der Waals surface area (Å²) in [7, 11) is 2.15. The van der Waals surface area contributed by atoms with Crippen molar-refractivity contribution in [2.45, 2.75) is 6.92 Å². The second kappa shape index (κ2) is 7.24. The number of aliphatic imine (C=N–C) groups is 2. The Balaban J connectivity index is 1.62. The number of pyridine rings is 2. The lowest BCUT2D eigenvalue weighted by Gasteiger charge is -2.33. The summed E-state index contributed by atoms with van der Waals surface area (Å²) >= 11 is 6.48. The maximum absolute atomic E-state index is 6.48. The SMILES string of the molecule is CC1=C2N=C(c3ccncc3Cl)c3cnc(N4CCN(C)CC4)cc3NC2=NC1. The molecule has 1 saturated heterocycles. The summed E-state index contributed by atoms with van der Waals surface area (Å²) in [4.78, 5) is 23.2. The van der Waals surface area contributed by atoms with E-state index >= 15 is 0 Å². The van der Waals surface area contributed by atoms with Crippen LogP contribution >= 0.6 is 11.6 Å². The molecule has 1 N–H and O–H groups in total. The summed E-state index contributed by atoms with van der Waals surface area (Å²) in [6.45, 7) is 6.71. The highest BCUT2D eigenvalue weighted by molar-refractivity contribution is 6.36. The first-order valence-corrected chi connectivity index (χ1v) is 10.1. The Hall–Kier alpha value is -2.77. The molecule has 5 rings (SSSR count). The fourth-order valence-electron chi connectivity index (χ4n) is 3.81. The summed E-state index contributed by atoms with van der Waals surface area (Å²) in [5, 5.41) is 4.07. The number of fused-ring (bicyclic) bond motifs is 2. The molecule has 0 atom stereocenters. The molecular formula is C21H22ClN7. The molecule has 2 aromatic heterocycles. The number of likely N-dealkylation sites (N-methyl/N-ethyl adjacent to an activating group) is 1. The first-order chi connectivity index (χ1) is 14.1. The molecule has 0 radical (unpaired) electrons. The van der Waals surface area contributed by atoms with Crippen LogP contribution in [-0.4, -0.2) is 66.2 Å². The minimum absolute atomic E-state index is 0.567. The minimum atomic E-state index is 0.567. The van der Waals surface area contributed by atoms with Gasteiger partial charge < -0.3 is 15.1 Å². The third-order valence-corrected chi connectivity index (χ3v) is 5.88. The van der Waals surface area contributed by atoms with E-state index in [4.69, 9.17) is 21.6 Å². The smallest absolute Gasteiger partial charge is 0.152 e. The van der Waals surface area contributed by atoms with Gasteiger partial charge in [0, 0.05) is 62.0 Å². The van der Waals surface area contributed by atoms with Crippen LogP contribution in [-0.2, 0) is 0 Å². The molecule has 0 unspecified atom stereocenters. The number of amidine groups is 1. The largest absolute Gasteiger partial charge is 0.354 e. The minimum Gasteiger partial charge on any atom is -0.354 e. The summed E-state index contributed by atoms with van der Waals surface area (Å²) < 4.78 is 0. The predicted molar refractivity (Wildman–Crippen MR) is 117 cm³/mol. The third kappa shape index (κ3) is 3.30. The van der Waals surface area contributed by atoms with Gasteiger partial charge in [-0.15, -0.1) is 0 Å². The summed E-state index contributed by atoms with van der Waals surface area (Å²) in [6, 6.07) is 4.00. The zero-order valence-electron chi connectivity index (χ0n) is 16.5. The van der Waals surface area contributed by atoms with E-state index in [0.29, 0.717) is 11.6 Å². The standard InChI is InChI=1S/C21H22ClN7/c1-13-10-25-21-19(13)27-20(14-3-4-23-12-16(14)22)15-11-24-18(9-17(15)26-21)29-7-5-28(2)6-8-29/h3-4,9,11-12H,5-8,10H2,1-2H3,(H,25,26). The number of hydrogen-bond donors (Lipinski definition) is 1. The highest BCUT2D eigenvalue weighted by Gasteiger charge is 2.27. The molecule has 7 nitrogen and oxygen atoms in total. The number of halogens is 1. The average Bonchev–Trinajstić information content (AvgIpc) is 2.98. The van der Waals surface area contributed by atoms with Gasteiger partial charge in [0.05, 0.1) is 23.0 Å². The Kier molecular flexibility index (Phi) is 4.56. The molecule has 148 valence electrons. The summed E-state index contributed by atoms with van der Waals surface area (Å²) in [6.07, 6.45) is 5.27. The van der Waals surface area contributed by atoms with Crippen LogP contribution in [0.4, 0.5) is 11.5 Å². The van der Waals surface area contributed by atoms with Crippen LogP contribution in [0.25, 0.3) is 0 Å². The Morgan fingerprint density at radius 3 is 2.72 bits per heavy atom. The number of anilines is 2. The Morgan fingerprint density at radius 1 is 1.10 bits per heavy atom. The quantitative estimate of drug-likeness (QED) is 0.829. The van der Waals surface area contributed by atoms with Gasteiger partial charge in [0.25, 0.3) is 0 Å². The van der Waals surface area contributed by atoms with Crippen LogP contribution in [0.2, 0.25) is 5.02 Å². The highest BCUT2D eigenvalue weighted by atomic mass is 35.5. The molecule has 0 aliphatic carbocycles. The van der Waals surface area contributed by atoms with Crippen molar-refractivity contribution in [3.05, 3.63) is 58.1 Å². The zero-order chi connectivity index (χ0) is 20.0. The van der Waals surface area contributed by atoms with Crippen LogP contribution in [0.1, 0.15) is 18.1 Å². The first kappa shape index (κ1) is 18.3. The van der Waals surface area contributed by atoms with Gasteiger partial charge in [0.15, 0.2) is 5.84 Å². The fraction of sp³-hybridized carbons (Fsp3) is 0.333. The van der Waals surface area contributed by atoms with Crippen LogP contribution in [0.3, 0.4) is 0 Å². The lowest BCUT2D eigenvalue weighted by atomic mass is 10.0. The van der Waals surface area contributed by atoms with Crippen LogP contribution in [0.15, 0.2) is 52.0 Å². The maximum Gasteiger partial charge on any atom is 0.152 e. The highest BCUT2D eigenvalue weighted by Crippen LogP contribution is 2.32. The molecule has 0 amide bonds. The summed E-state index contributed by atoms with van der Waals surface area (Å²) in [5.41, 5.74) is 5.50. The second-order valence-electron chi connectivity index (χ2n) is 7.61. The second-order valence-corrected chi connectivity index (χ2v) is 8.02. The molecule has 2 aromatic rings. The van der Waals surface area contributed by atoms with E-state index < -0.39 is 0 Å². The number of hydrogen-bond acceptors (Lipinski definition) is 7. The number of nitrogens with one attached hydrogen (secondary N) is 1. The van der Waals surface area contributed by atoms with Gasteiger partial charge >= 0.3 is 0 Å². The summed E-state index contributed by atoms with van der Waals surface area (Å²) in [5.74, 6) is 1.77. The van der Waals surface area contributed by atoms with Gasteiger partial charge in [0.2, 0.25) is 0 Å². The maximum atomic E-state index is 6.48. The Bertz CT molecular complexity index is 1060. The number of rotatable bonds is 2. The van der Waals surface area contributed by atoms with E-state index in [-0.39, 0.29) is 0 Å². The van der Waals surface area contributed by atoms with Gasteiger partial charge in [-0.1, -0.05) is 11.6 Å². The van der Waals surface area contributed by atoms with E-state index in [1.54, 1.807) is 12.4 Å². The van der Waals surface area contributed by atoms with Gasteiger partial charge in [0.1, 0.15) is 11.5 Å². The molecule has 0 saturated carbocycles. The van der Waals surface area contributed by atoms with E-state index in [1.165, 1.54) is 0 Å². The molecule has 5 heterocycles. The molecule has 1 fully saturated rings. The van der Waals surface area contributed by atoms with Crippen molar-refractivity contribution in [2.75, 3.05) is 50.0 Å². The van der Waals surface area contributed by atoms with Gasteiger partial charge in [-0.05, 0) is 25.6 Å². The zero-order valence-corrected chi connectivity index (χ0v) is 17.2. The molecule has 0 spiro atoms. The molecule has 3 aliphatic rings. The van der Waals surface area contributed by atoms with Crippen molar-refractivity contribution < 1.29 is 0 Å². The molecule has 3 aliphatic heterocycles. The number of piperazine rings is 1. The lowest BCUT2D eigenvalue weighted by Crippen LogP contribution is -2.44. The van der Waals surface area contributed by atoms with Crippen molar-refractivity contribution in [2.24, 2.45) is 9.98 Å². The van der Waals surface area contributed by atoms with E-state index in [0.717, 1.165) is 71.6 Å². The average molecular weight is 408 g/mol. The van der Waals surface area contributed by atoms with Crippen molar-refractivity contribution in [1.29, 1.82) is 0 Å². The molecule has 8 heteroatoms. The van der Waals surface area contributed by atoms with Crippen molar-refractivity contribution in [3.63, 3.8) is 0 Å². The number of nitrogens with zero attached hydrogens (tertiary/aromatic N) is 6. The van der Waals surface area contributed by atoms with Crippen molar-refractivity contribution >= 4 is 34.7 Å². The molecular weight excluding hydrogens is 386 g/mol. The van der Waals surface area contributed by atoms with Crippen LogP contribution in [0, 0.1) is 0 Å². The molecule has 0 aromatic carbocycles. The monoisotopic (exact) mass is 407 g/mol. The number of aromatic nitrogens is 2. The van der Waals surface area contributed by atoms with Crippen molar-refractivity contribution in [3.8, 4) is 0 Å². The van der Waals surface area contributed by atoms with Crippen LogP contribution < -0.4 is 10.2 Å². The fourth-order valence-corrected chi connectivity index (χ4v) is 4.02. The Labute approximate surface area is 174 Å².